The summed E-state index contributed by atoms with van der Waals surface area (Å²) in [6.07, 6.45) is 0. The van der Waals surface area contributed by atoms with Crippen molar-refractivity contribution in [3.8, 4) is 62.3 Å². The molecule has 0 N–H and O–H groups in total. The van der Waals surface area contributed by atoms with Crippen molar-refractivity contribution >= 4 is 43.4 Å². The zero-order valence-electron chi connectivity index (χ0n) is 29.7. The zero-order valence-corrected chi connectivity index (χ0v) is 29.7. The number of nitrogens with zero attached hydrogens (tertiary/aromatic N) is 3. The van der Waals surface area contributed by atoms with Crippen LogP contribution in [0.3, 0.4) is 0 Å². The number of nitriles is 2. The second-order valence-electron chi connectivity index (χ2n) is 13.9. The van der Waals surface area contributed by atoms with E-state index >= 15 is 0 Å². The third-order valence-corrected chi connectivity index (χ3v) is 10.8. The van der Waals surface area contributed by atoms with Gasteiger partial charge in [-0.2, -0.15) is 10.5 Å². The van der Waals surface area contributed by atoms with Crippen LogP contribution in [-0.2, 0) is 0 Å². The number of aromatic nitrogens is 1. The minimum atomic E-state index is 0.616. The van der Waals surface area contributed by atoms with Crippen molar-refractivity contribution in [3.63, 3.8) is 0 Å². The van der Waals surface area contributed by atoms with Gasteiger partial charge in [-0.25, -0.2) is 0 Å². The molecule has 254 valence electrons. The van der Waals surface area contributed by atoms with Crippen molar-refractivity contribution < 1.29 is 0 Å². The molecule has 1 heterocycles. The summed E-state index contributed by atoms with van der Waals surface area (Å²) in [5.74, 6) is 0. The molecule has 0 fully saturated rings. The average Bonchev–Trinajstić information content (AvgIpc) is 3.59. The van der Waals surface area contributed by atoms with Crippen LogP contribution in [-0.4, -0.2) is 4.57 Å². The van der Waals surface area contributed by atoms with Gasteiger partial charge in [0.2, 0.25) is 0 Å². The highest BCUT2D eigenvalue weighted by Gasteiger charge is 2.17. The molecule has 0 bridgehead atoms. The van der Waals surface area contributed by atoms with Crippen LogP contribution in [0.4, 0.5) is 0 Å². The molecule has 3 heteroatoms. The summed E-state index contributed by atoms with van der Waals surface area (Å²) in [5, 5.41) is 26.7. The number of hydrogen-bond acceptors (Lipinski definition) is 2. The van der Waals surface area contributed by atoms with Gasteiger partial charge in [0, 0.05) is 16.5 Å². The average molecular weight is 698 g/mol. The Morgan fingerprint density at radius 2 is 0.764 bits per heavy atom. The molecule has 1 aromatic heterocycles. The van der Waals surface area contributed by atoms with E-state index in [-0.39, 0.29) is 0 Å². The third kappa shape index (κ3) is 5.35. The highest BCUT2D eigenvalue weighted by atomic mass is 15.0. The Morgan fingerprint density at radius 1 is 0.309 bits per heavy atom. The largest absolute Gasteiger partial charge is 0.309 e. The van der Waals surface area contributed by atoms with Crippen LogP contribution in [0, 0.1) is 22.7 Å². The fourth-order valence-corrected chi connectivity index (χ4v) is 8.33. The predicted octanol–water partition coefficient (Wildman–Crippen LogP) is 13.5. The minimum absolute atomic E-state index is 0.616. The second-order valence-corrected chi connectivity index (χ2v) is 13.9. The molecule has 3 nitrogen and oxygen atoms in total. The summed E-state index contributed by atoms with van der Waals surface area (Å²) in [5.41, 5.74) is 13.3. The summed E-state index contributed by atoms with van der Waals surface area (Å²) in [6.45, 7) is 0. The first kappa shape index (κ1) is 32.0. The van der Waals surface area contributed by atoms with Crippen LogP contribution >= 0.6 is 0 Å². The molecule has 10 aromatic rings. The van der Waals surface area contributed by atoms with Gasteiger partial charge in [-0.05, 0) is 121 Å². The van der Waals surface area contributed by atoms with Crippen molar-refractivity contribution in [2.75, 3.05) is 0 Å². The van der Waals surface area contributed by atoms with E-state index < -0.39 is 0 Å². The fraction of sp³-hybridized carbons (Fsp3) is 0. The SMILES string of the molecule is N#Cc1cc(-c2ccc(-c3c4ccccc4c(-c4ccccc4)c4ccccc34)cc2)cc(-c2ccc(-n3c4ccccc4c4cc(C#N)ccc43)cc2)c1. The van der Waals surface area contributed by atoms with Gasteiger partial charge >= 0.3 is 0 Å². The first-order valence-corrected chi connectivity index (χ1v) is 18.4. The summed E-state index contributed by atoms with van der Waals surface area (Å²) >= 11 is 0. The lowest BCUT2D eigenvalue weighted by molar-refractivity contribution is 1.18. The monoisotopic (exact) mass is 697 g/mol. The summed E-state index contributed by atoms with van der Waals surface area (Å²) < 4.78 is 2.25. The van der Waals surface area contributed by atoms with E-state index in [0.717, 1.165) is 55.3 Å². The van der Waals surface area contributed by atoms with Gasteiger partial charge in [0.05, 0.1) is 34.3 Å². The molecule has 0 aliphatic heterocycles. The standard InChI is InChI=1S/C52H31N3/c53-32-34-18-27-50-48(30-34)43-12-8-9-17-49(43)55(50)42-25-23-37(24-26-42)41-29-35(33-54)28-40(31-41)36-19-21-39(22-20-36)52-46-15-6-4-13-44(46)51(38-10-2-1-3-11-38)45-14-5-7-16-47(45)52/h1-31H. The van der Waals surface area contributed by atoms with E-state index in [0.29, 0.717) is 11.1 Å². The van der Waals surface area contributed by atoms with Crippen molar-refractivity contribution in [3.05, 3.63) is 199 Å². The molecule has 0 unspecified atom stereocenters. The van der Waals surface area contributed by atoms with Gasteiger partial charge in [0.25, 0.3) is 0 Å². The Bertz CT molecular complexity index is 3140. The lowest BCUT2D eigenvalue weighted by atomic mass is 9.85. The lowest BCUT2D eigenvalue weighted by Gasteiger charge is -2.18. The predicted molar refractivity (Wildman–Crippen MR) is 227 cm³/mol. The Hall–Kier alpha value is -7.72. The molecule has 10 rings (SSSR count). The molecule has 0 atom stereocenters. The Kier molecular flexibility index (Phi) is 7.58. The van der Waals surface area contributed by atoms with Crippen LogP contribution in [0.5, 0.6) is 0 Å². The molecule has 0 aliphatic carbocycles. The molecule has 0 aliphatic rings. The Morgan fingerprint density at radius 3 is 1.33 bits per heavy atom. The van der Waals surface area contributed by atoms with Gasteiger partial charge in [-0.3, -0.25) is 0 Å². The zero-order chi connectivity index (χ0) is 36.9. The number of para-hydroxylation sites is 1. The number of fused-ring (bicyclic) bond motifs is 5. The first-order valence-electron chi connectivity index (χ1n) is 18.4. The maximum absolute atomic E-state index is 10.1. The van der Waals surface area contributed by atoms with Crippen molar-refractivity contribution in [2.45, 2.75) is 0 Å². The van der Waals surface area contributed by atoms with E-state index in [2.05, 4.69) is 162 Å². The maximum atomic E-state index is 10.1. The van der Waals surface area contributed by atoms with Crippen LogP contribution in [0.15, 0.2) is 188 Å². The number of benzene rings is 9. The molecule has 0 spiro atoms. The van der Waals surface area contributed by atoms with E-state index in [1.165, 1.54) is 38.2 Å². The van der Waals surface area contributed by atoms with Crippen molar-refractivity contribution in [2.24, 2.45) is 0 Å². The van der Waals surface area contributed by atoms with Gasteiger partial charge < -0.3 is 4.57 Å². The molecule has 0 saturated heterocycles. The summed E-state index contributed by atoms with van der Waals surface area (Å²) in [4.78, 5) is 0. The highest BCUT2D eigenvalue weighted by molar-refractivity contribution is 6.21. The van der Waals surface area contributed by atoms with Crippen LogP contribution in [0.25, 0.3) is 93.5 Å². The number of rotatable bonds is 5. The van der Waals surface area contributed by atoms with E-state index in [1.54, 1.807) is 0 Å². The highest BCUT2D eigenvalue weighted by Crippen LogP contribution is 2.44. The Labute approximate surface area is 318 Å². The third-order valence-electron chi connectivity index (χ3n) is 10.8. The smallest absolute Gasteiger partial charge is 0.0992 e. The molecule has 0 amide bonds. The van der Waals surface area contributed by atoms with Gasteiger partial charge in [0.1, 0.15) is 0 Å². The molecule has 0 radical (unpaired) electrons. The van der Waals surface area contributed by atoms with Gasteiger partial charge in [-0.15, -0.1) is 0 Å². The topological polar surface area (TPSA) is 52.5 Å². The lowest BCUT2D eigenvalue weighted by Crippen LogP contribution is -1.94. The normalized spacial score (nSPS) is 11.2. The molecular formula is C52H31N3. The molecule has 55 heavy (non-hydrogen) atoms. The van der Waals surface area contributed by atoms with Gasteiger partial charge in [-0.1, -0.05) is 133 Å². The van der Waals surface area contributed by atoms with E-state index in [1.807, 2.05) is 42.5 Å². The van der Waals surface area contributed by atoms with E-state index in [9.17, 15) is 10.5 Å². The molecule has 0 saturated carbocycles. The van der Waals surface area contributed by atoms with Crippen molar-refractivity contribution in [1.29, 1.82) is 10.5 Å². The van der Waals surface area contributed by atoms with Crippen LogP contribution in [0.2, 0.25) is 0 Å². The first-order chi connectivity index (χ1) is 27.2. The Balaban J connectivity index is 1.04. The van der Waals surface area contributed by atoms with Crippen LogP contribution in [0.1, 0.15) is 11.1 Å². The summed E-state index contributed by atoms with van der Waals surface area (Å²) in [6, 6.07) is 70.3. The molecule has 9 aromatic carbocycles. The quantitative estimate of drug-likeness (QED) is 0.168. The molecular weight excluding hydrogens is 667 g/mol. The summed E-state index contributed by atoms with van der Waals surface area (Å²) in [7, 11) is 0. The second kappa shape index (κ2) is 13.0. The van der Waals surface area contributed by atoms with Crippen molar-refractivity contribution in [1.82, 2.24) is 4.57 Å². The van der Waals surface area contributed by atoms with Crippen LogP contribution < -0.4 is 0 Å². The fourth-order valence-electron chi connectivity index (χ4n) is 8.33. The minimum Gasteiger partial charge on any atom is -0.309 e. The van der Waals surface area contributed by atoms with E-state index in [4.69, 9.17) is 0 Å². The van der Waals surface area contributed by atoms with Gasteiger partial charge in [0.15, 0.2) is 0 Å². The maximum Gasteiger partial charge on any atom is 0.0992 e. The number of hydrogen-bond donors (Lipinski definition) is 0.